The molecule has 3 heterocycles. The van der Waals surface area contributed by atoms with E-state index in [1.165, 1.54) is 6.20 Å². The van der Waals surface area contributed by atoms with Crippen molar-refractivity contribution in [2.75, 3.05) is 100 Å². The number of rotatable bonds is 20. The molecule has 0 spiro atoms. The lowest BCUT2D eigenvalue weighted by Crippen LogP contribution is -2.49. The van der Waals surface area contributed by atoms with E-state index in [1.807, 2.05) is 4.90 Å². The molecule has 66 heavy (non-hydrogen) atoms. The maximum Gasteiger partial charge on any atom is 0.317 e. The second-order valence-corrected chi connectivity index (χ2v) is 15.6. The third kappa shape index (κ3) is 16.1. The average molecular weight is 922 g/mol. The average Bonchev–Trinajstić information content (AvgIpc) is 3.25. The normalized spacial score (nSPS) is 15.9. The number of aromatic amines is 1. The van der Waals surface area contributed by atoms with Crippen LogP contribution in [0.1, 0.15) is 30.2 Å². The Morgan fingerprint density at radius 2 is 1.26 bits per heavy atom. The zero-order chi connectivity index (χ0) is 47.8. The van der Waals surface area contributed by atoms with Gasteiger partial charge in [-0.15, -0.1) is 0 Å². The summed E-state index contributed by atoms with van der Waals surface area (Å²) in [6, 6.07) is 13.0. The second-order valence-electron chi connectivity index (χ2n) is 15.6. The van der Waals surface area contributed by atoms with Gasteiger partial charge in [-0.05, 0) is 48.4 Å². The lowest BCUT2D eigenvalue weighted by atomic mass is 9.90. The standard InChI is InChI=1S/C41H55N13O12/c42-41-49-38-36(40(65)50-41)47-29(20-45-38)19-44-26-3-1-25(2-4-26)37(66-43)30(9-10-32(56)57)39(64)48-28-7-5-27(6-8-28)46-31(55)21-51-11-13-52(22-33(58)59)15-17-54(24-35(62)63)18-16-53(14-12-51)23-34(60)61/h1-8,20,30,33,37,44,58-59H,9-19,21-24,43H2,(H,46,55)(H,48,64)(H,56,57)(H,60,61)(H,62,63)(H3,42,45,49,50,65). The first-order valence-electron chi connectivity index (χ1n) is 20.9. The van der Waals surface area contributed by atoms with Crippen LogP contribution in [-0.4, -0.2) is 180 Å². The van der Waals surface area contributed by atoms with Crippen LogP contribution in [0, 0.1) is 5.92 Å². The minimum absolute atomic E-state index is 0.0324. The predicted octanol–water partition coefficient (Wildman–Crippen LogP) is -1.40. The Bertz CT molecular complexity index is 2340. The van der Waals surface area contributed by atoms with Gasteiger partial charge in [-0.25, -0.2) is 15.9 Å². The number of β-amino-alcohol motifs (C(OH)–C–C–N with tert-alkyl or cyclic N) is 2. The monoisotopic (exact) mass is 921 g/mol. The number of H-pyrrole nitrogens is 1. The van der Waals surface area contributed by atoms with E-state index in [4.69, 9.17) is 16.5 Å². The molecule has 2 aromatic heterocycles. The number of aliphatic carboxylic acids is 3. The molecule has 13 N–H and O–H groups in total. The van der Waals surface area contributed by atoms with Crippen molar-refractivity contribution in [1.82, 2.24) is 39.5 Å². The molecule has 0 bridgehead atoms. The van der Waals surface area contributed by atoms with Gasteiger partial charge < -0.3 is 47.2 Å². The summed E-state index contributed by atoms with van der Waals surface area (Å²) in [4.78, 5) is 101. The van der Waals surface area contributed by atoms with E-state index in [1.54, 1.807) is 63.2 Å². The third-order valence-corrected chi connectivity index (χ3v) is 10.6. The first kappa shape index (κ1) is 50.3. The lowest BCUT2D eigenvalue weighted by Gasteiger charge is -2.33. The molecule has 1 aliphatic rings. The summed E-state index contributed by atoms with van der Waals surface area (Å²) >= 11 is 0. The molecule has 0 saturated carbocycles. The Balaban J connectivity index is 1.20. The number of hydrogen-bond donors (Lipinski definition) is 11. The Hall–Kier alpha value is -6.71. The quantitative estimate of drug-likeness (QED) is 0.0359. The van der Waals surface area contributed by atoms with Crippen LogP contribution < -0.4 is 33.1 Å². The van der Waals surface area contributed by atoms with Crippen molar-refractivity contribution >= 4 is 63.9 Å². The van der Waals surface area contributed by atoms with Gasteiger partial charge in [0.2, 0.25) is 17.8 Å². The Morgan fingerprint density at radius 3 is 1.79 bits per heavy atom. The largest absolute Gasteiger partial charge is 0.481 e. The van der Waals surface area contributed by atoms with E-state index in [-0.39, 0.29) is 95.4 Å². The summed E-state index contributed by atoms with van der Waals surface area (Å²) in [6.07, 6.45) is -1.72. The fourth-order valence-electron chi connectivity index (χ4n) is 7.27. The van der Waals surface area contributed by atoms with Gasteiger partial charge in [-0.2, -0.15) is 4.98 Å². The summed E-state index contributed by atoms with van der Waals surface area (Å²) in [5.74, 6) is 0.396. The van der Waals surface area contributed by atoms with E-state index in [2.05, 4.69) is 35.9 Å². The van der Waals surface area contributed by atoms with Crippen molar-refractivity contribution in [3.05, 3.63) is 76.3 Å². The van der Waals surface area contributed by atoms with Gasteiger partial charge in [-0.3, -0.25) is 58.2 Å². The summed E-state index contributed by atoms with van der Waals surface area (Å²) in [6.45, 7) is 1.65. The van der Waals surface area contributed by atoms with E-state index < -0.39 is 53.6 Å². The van der Waals surface area contributed by atoms with Crippen LogP contribution in [0.25, 0.3) is 11.2 Å². The molecule has 0 radical (unpaired) electrons. The van der Waals surface area contributed by atoms with Crippen LogP contribution in [0.2, 0.25) is 0 Å². The Morgan fingerprint density at radius 1 is 0.727 bits per heavy atom. The minimum atomic E-state index is -1.64. The molecule has 25 nitrogen and oxygen atoms in total. The van der Waals surface area contributed by atoms with Gasteiger partial charge in [0.1, 0.15) is 6.10 Å². The fraction of sp³-hybridized carbons (Fsp3) is 0.439. The number of carboxylic acids is 3. The Labute approximate surface area is 377 Å². The number of fused-ring (bicyclic) bond motifs is 1. The number of hydrogen-bond acceptors (Lipinski definition) is 19. The lowest BCUT2D eigenvalue weighted by molar-refractivity contribution is -0.140. The highest BCUT2D eigenvalue weighted by Crippen LogP contribution is 2.31. The van der Waals surface area contributed by atoms with Crippen LogP contribution in [0.15, 0.2) is 59.5 Å². The smallest absolute Gasteiger partial charge is 0.317 e. The number of carbonyl (C=O) groups excluding carboxylic acids is 2. The fourth-order valence-corrected chi connectivity index (χ4v) is 7.27. The van der Waals surface area contributed by atoms with Crippen LogP contribution in [0.4, 0.5) is 23.0 Å². The molecule has 1 saturated heterocycles. The van der Waals surface area contributed by atoms with Gasteiger partial charge in [0, 0.05) is 82.4 Å². The summed E-state index contributed by atoms with van der Waals surface area (Å²) in [5.41, 5.74) is 7.49. The van der Waals surface area contributed by atoms with Gasteiger partial charge in [-0.1, -0.05) is 12.1 Å². The van der Waals surface area contributed by atoms with E-state index in [0.29, 0.717) is 48.0 Å². The predicted molar refractivity (Wildman–Crippen MR) is 237 cm³/mol. The number of aliphatic hydroxyl groups excluding tert-OH is 1. The van der Waals surface area contributed by atoms with Crippen molar-refractivity contribution in [3.8, 4) is 0 Å². The molecule has 4 aromatic rings. The van der Waals surface area contributed by atoms with Crippen molar-refractivity contribution in [2.24, 2.45) is 11.8 Å². The number of aromatic nitrogens is 4. The highest BCUT2D eigenvalue weighted by molar-refractivity contribution is 5.95. The molecule has 2 unspecified atom stereocenters. The first-order valence-corrected chi connectivity index (χ1v) is 20.9. The number of anilines is 4. The van der Waals surface area contributed by atoms with Crippen molar-refractivity contribution in [1.29, 1.82) is 0 Å². The van der Waals surface area contributed by atoms with Crippen molar-refractivity contribution in [2.45, 2.75) is 31.8 Å². The number of amides is 2. The topological polar surface area (TPSA) is 368 Å². The van der Waals surface area contributed by atoms with Crippen LogP contribution in [0.3, 0.4) is 0 Å². The molecular weight excluding hydrogens is 867 g/mol. The number of nitrogens with one attached hydrogen (secondary N) is 4. The molecule has 356 valence electrons. The molecule has 25 heteroatoms. The minimum Gasteiger partial charge on any atom is -0.481 e. The Kier molecular flexibility index (Phi) is 18.7. The summed E-state index contributed by atoms with van der Waals surface area (Å²) in [5, 5.41) is 56.5. The maximum atomic E-state index is 13.7. The van der Waals surface area contributed by atoms with Gasteiger partial charge >= 0.3 is 17.9 Å². The molecule has 1 aliphatic heterocycles. The number of benzene rings is 2. The van der Waals surface area contributed by atoms with Gasteiger partial charge in [0.25, 0.3) is 5.56 Å². The SMILES string of the molecule is NOC(c1ccc(NCc2cnc3nc(N)[nH]c(=O)c3n2)cc1)C(CCC(=O)O)C(=O)Nc1ccc(NC(=O)CN2CCN(CC(=O)O)CCN(CC(=O)O)CCN(CC(O)O)CC2)cc1. The molecule has 5 rings (SSSR count). The van der Waals surface area contributed by atoms with Crippen molar-refractivity contribution < 1.29 is 54.3 Å². The molecule has 2 amide bonds. The number of nitrogens with two attached hydrogens (primary N) is 2. The molecule has 2 aromatic carbocycles. The van der Waals surface area contributed by atoms with Crippen LogP contribution >= 0.6 is 0 Å². The third-order valence-electron chi connectivity index (χ3n) is 10.6. The van der Waals surface area contributed by atoms with Gasteiger partial charge in [0.15, 0.2) is 17.5 Å². The molecule has 1 fully saturated rings. The summed E-state index contributed by atoms with van der Waals surface area (Å²) < 4.78 is 0. The van der Waals surface area contributed by atoms with Crippen molar-refractivity contribution in [3.63, 3.8) is 0 Å². The highest BCUT2D eigenvalue weighted by Gasteiger charge is 2.31. The number of nitrogens with zero attached hydrogens (tertiary/aromatic N) is 7. The van der Waals surface area contributed by atoms with Crippen LogP contribution in [-0.2, 0) is 35.4 Å². The summed E-state index contributed by atoms with van der Waals surface area (Å²) in [7, 11) is 0. The first-order chi connectivity index (χ1) is 31.5. The second kappa shape index (κ2) is 24.5. The number of nitrogen functional groups attached to an aromatic ring is 1. The molecular formula is C41H55N13O12. The highest BCUT2D eigenvalue weighted by atomic mass is 16.6. The van der Waals surface area contributed by atoms with E-state index in [0.717, 1.165) is 0 Å². The van der Waals surface area contributed by atoms with E-state index >= 15 is 0 Å². The zero-order valence-corrected chi connectivity index (χ0v) is 35.9. The number of carbonyl (C=O) groups is 5. The number of aliphatic hydroxyl groups is 2. The maximum absolute atomic E-state index is 13.7. The number of carboxylic acid groups (broad SMARTS) is 3. The van der Waals surface area contributed by atoms with E-state index in [9.17, 15) is 54.3 Å². The molecule has 0 aliphatic carbocycles. The zero-order valence-electron chi connectivity index (χ0n) is 35.9. The van der Waals surface area contributed by atoms with Gasteiger partial charge in [0.05, 0.1) is 44.0 Å². The molecule has 2 atom stereocenters. The van der Waals surface area contributed by atoms with Crippen LogP contribution in [0.5, 0.6) is 0 Å².